The summed E-state index contributed by atoms with van der Waals surface area (Å²) in [5, 5.41) is 12.6. The van der Waals surface area contributed by atoms with Gasteiger partial charge in [-0.25, -0.2) is 22.8 Å². The molecule has 0 saturated carbocycles. The highest BCUT2D eigenvalue weighted by Crippen LogP contribution is 2.31. The van der Waals surface area contributed by atoms with Gasteiger partial charge in [0.25, 0.3) is 5.82 Å². The molecule has 0 radical (unpaired) electrons. The normalized spacial score (nSPS) is 12.7. The first kappa shape index (κ1) is 17.7. The summed E-state index contributed by atoms with van der Waals surface area (Å²) in [6.07, 6.45) is 1.31. The lowest BCUT2D eigenvalue weighted by Gasteiger charge is -2.14. The zero-order valence-corrected chi connectivity index (χ0v) is 14.4. The Morgan fingerprint density at radius 3 is 2.57 bits per heavy atom. The number of carbonyl (C=O) groups is 1. The second kappa shape index (κ2) is 6.81. The number of nitrogens with zero attached hydrogens (tertiary/aromatic N) is 5. The summed E-state index contributed by atoms with van der Waals surface area (Å²) in [7, 11) is 0. The molecule has 1 aliphatic heterocycles. The zero-order valence-electron chi connectivity index (χ0n) is 14.4. The molecule has 1 amide bonds. The third kappa shape index (κ3) is 3.20. The van der Waals surface area contributed by atoms with Crippen molar-refractivity contribution in [2.24, 2.45) is 0 Å². The van der Waals surface area contributed by atoms with E-state index in [4.69, 9.17) is 5.26 Å². The summed E-state index contributed by atoms with van der Waals surface area (Å²) in [4.78, 5) is 17.8. The van der Waals surface area contributed by atoms with Crippen LogP contribution in [0.25, 0.3) is 11.1 Å². The highest BCUT2D eigenvalue weighted by Gasteiger charge is 2.24. The zero-order chi connectivity index (χ0) is 19.8. The average Bonchev–Trinajstić information content (AvgIpc) is 3.30. The van der Waals surface area contributed by atoms with Gasteiger partial charge in [0.2, 0.25) is 5.91 Å². The van der Waals surface area contributed by atoms with Gasteiger partial charge < -0.3 is 4.90 Å². The largest absolute Gasteiger partial charge is 0.332 e. The molecule has 0 bridgehead atoms. The Bertz CT molecular complexity index is 1140. The summed E-state index contributed by atoms with van der Waals surface area (Å²) in [6.45, 7) is 0.606. The molecule has 9 heteroatoms. The molecule has 1 aromatic heterocycles. The molecule has 140 valence electrons. The van der Waals surface area contributed by atoms with E-state index in [0.29, 0.717) is 24.7 Å². The summed E-state index contributed by atoms with van der Waals surface area (Å²) in [5.74, 6) is -3.46. The molecule has 0 spiro atoms. The van der Waals surface area contributed by atoms with E-state index < -0.39 is 17.5 Å². The van der Waals surface area contributed by atoms with Crippen molar-refractivity contribution in [3.8, 4) is 17.2 Å². The van der Waals surface area contributed by atoms with Crippen molar-refractivity contribution in [3.63, 3.8) is 0 Å². The molecule has 0 fully saturated rings. The van der Waals surface area contributed by atoms with E-state index in [2.05, 4.69) is 10.1 Å². The predicted octanol–water partition coefficient (Wildman–Crippen LogP) is 2.78. The molecule has 0 N–H and O–H groups in total. The van der Waals surface area contributed by atoms with E-state index >= 15 is 0 Å². The van der Waals surface area contributed by atoms with Crippen molar-refractivity contribution < 1.29 is 18.0 Å². The Morgan fingerprint density at radius 1 is 1.07 bits per heavy atom. The lowest BCUT2D eigenvalue weighted by Crippen LogP contribution is -2.29. The summed E-state index contributed by atoms with van der Waals surface area (Å²) in [5.41, 5.74) is 2.04. The van der Waals surface area contributed by atoms with Gasteiger partial charge in [-0.2, -0.15) is 5.26 Å². The number of carbonyl (C=O) groups excluding carboxylic acids is 1. The van der Waals surface area contributed by atoms with Crippen LogP contribution in [0.3, 0.4) is 0 Å². The number of hydrogen-bond donors (Lipinski definition) is 0. The van der Waals surface area contributed by atoms with Crippen molar-refractivity contribution in [2.45, 2.75) is 19.6 Å². The van der Waals surface area contributed by atoms with Gasteiger partial charge in [-0.15, -0.1) is 5.10 Å². The SMILES string of the molecule is N#Cc1ncn(CC(=O)N2Cc3ccc(-c4cc(F)c(F)cc4F)cc3C2)n1. The number of benzene rings is 2. The van der Waals surface area contributed by atoms with E-state index in [0.717, 1.165) is 17.2 Å². The van der Waals surface area contributed by atoms with Crippen molar-refractivity contribution in [2.75, 3.05) is 0 Å². The van der Waals surface area contributed by atoms with E-state index in [-0.39, 0.29) is 23.8 Å². The molecule has 6 nitrogen and oxygen atoms in total. The van der Waals surface area contributed by atoms with Crippen LogP contribution in [0.4, 0.5) is 13.2 Å². The maximum atomic E-state index is 14.0. The minimum Gasteiger partial charge on any atom is -0.332 e. The van der Waals surface area contributed by atoms with Crippen LogP contribution in [0.2, 0.25) is 0 Å². The van der Waals surface area contributed by atoms with Crippen LogP contribution in [0.15, 0.2) is 36.7 Å². The summed E-state index contributed by atoms with van der Waals surface area (Å²) < 4.78 is 42.0. The Hall–Kier alpha value is -3.67. The van der Waals surface area contributed by atoms with Crippen molar-refractivity contribution in [1.29, 1.82) is 5.26 Å². The quantitative estimate of drug-likeness (QED) is 0.652. The van der Waals surface area contributed by atoms with Crippen LogP contribution in [0.1, 0.15) is 17.0 Å². The van der Waals surface area contributed by atoms with E-state index in [1.807, 2.05) is 0 Å². The second-order valence-electron chi connectivity index (χ2n) is 6.36. The molecular formula is C19H12F3N5O. The van der Waals surface area contributed by atoms with Gasteiger partial charge in [-0.3, -0.25) is 4.79 Å². The molecule has 28 heavy (non-hydrogen) atoms. The molecule has 0 saturated heterocycles. The van der Waals surface area contributed by atoms with Crippen LogP contribution >= 0.6 is 0 Å². The number of nitriles is 1. The number of amides is 1. The summed E-state index contributed by atoms with van der Waals surface area (Å²) in [6, 6.07) is 8.14. The minimum atomic E-state index is -1.24. The molecule has 4 rings (SSSR count). The Kier molecular flexibility index (Phi) is 4.31. The lowest BCUT2D eigenvalue weighted by atomic mass is 10.00. The Morgan fingerprint density at radius 2 is 1.82 bits per heavy atom. The van der Waals surface area contributed by atoms with Crippen LogP contribution in [0.5, 0.6) is 0 Å². The number of aromatic nitrogens is 3. The van der Waals surface area contributed by atoms with Crippen molar-refractivity contribution in [1.82, 2.24) is 19.7 Å². The maximum absolute atomic E-state index is 14.0. The van der Waals surface area contributed by atoms with Gasteiger partial charge in [0, 0.05) is 24.7 Å². The smallest absolute Gasteiger partial charge is 0.252 e. The first-order valence-corrected chi connectivity index (χ1v) is 8.28. The predicted molar refractivity (Wildman–Crippen MR) is 90.7 cm³/mol. The van der Waals surface area contributed by atoms with Gasteiger partial charge in [0.05, 0.1) is 0 Å². The molecular weight excluding hydrogens is 371 g/mol. The van der Waals surface area contributed by atoms with Gasteiger partial charge in [0.1, 0.15) is 24.8 Å². The van der Waals surface area contributed by atoms with Crippen LogP contribution < -0.4 is 0 Å². The molecule has 0 unspecified atom stereocenters. The third-order valence-electron chi connectivity index (χ3n) is 4.54. The maximum Gasteiger partial charge on any atom is 0.252 e. The number of fused-ring (bicyclic) bond motifs is 1. The van der Waals surface area contributed by atoms with E-state index in [1.54, 1.807) is 29.2 Å². The van der Waals surface area contributed by atoms with E-state index in [9.17, 15) is 18.0 Å². The first-order valence-electron chi connectivity index (χ1n) is 8.28. The Balaban J connectivity index is 1.53. The number of halogens is 3. The molecule has 1 aliphatic rings. The fourth-order valence-corrected chi connectivity index (χ4v) is 3.14. The molecule has 2 aromatic carbocycles. The van der Waals surface area contributed by atoms with Crippen molar-refractivity contribution >= 4 is 5.91 Å². The second-order valence-corrected chi connectivity index (χ2v) is 6.36. The standard InChI is InChI=1S/C19H12F3N5O/c20-15-5-17(22)16(21)4-14(15)11-1-2-12-7-26(8-13(12)3-11)19(28)9-27-10-24-18(6-23)25-27/h1-5,10H,7-9H2. The fourth-order valence-electron chi connectivity index (χ4n) is 3.14. The first-order chi connectivity index (χ1) is 13.4. The Labute approximate surface area is 157 Å². The molecule has 3 aromatic rings. The van der Waals surface area contributed by atoms with Gasteiger partial charge in [-0.1, -0.05) is 12.1 Å². The van der Waals surface area contributed by atoms with Crippen molar-refractivity contribution in [3.05, 3.63) is 71.1 Å². The van der Waals surface area contributed by atoms with Crippen LogP contribution in [0, 0.1) is 28.8 Å². The van der Waals surface area contributed by atoms with Crippen LogP contribution in [-0.4, -0.2) is 25.6 Å². The number of rotatable bonds is 3. The van der Waals surface area contributed by atoms with Gasteiger partial charge >= 0.3 is 0 Å². The van der Waals surface area contributed by atoms with Gasteiger partial charge in [-0.05, 0) is 28.8 Å². The summed E-state index contributed by atoms with van der Waals surface area (Å²) >= 11 is 0. The molecule has 0 aliphatic carbocycles. The fraction of sp³-hybridized carbons (Fsp3) is 0.158. The third-order valence-corrected chi connectivity index (χ3v) is 4.54. The van der Waals surface area contributed by atoms with E-state index in [1.165, 1.54) is 11.0 Å². The van der Waals surface area contributed by atoms with Gasteiger partial charge in [0.15, 0.2) is 11.6 Å². The minimum absolute atomic E-state index is 0.0179. The molecule has 2 heterocycles. The highest BCUT2D eigenvalue weighted by atomic mass is 19.2. The topological polar surface area (TPSA) is 74.8 Å². The lowest BCUT2D eigenvalue weighted by molar-refractivity contribution is -0.132. The highest BCUT2D eigenvalue weighted by molar-refractivity contribution is 5.77. The van der Waals surface area contributed by atoms with Crippen LogP contribution in [-0.2, 0) is 24.4 Å². The monoisotopic (exact) mass is 383 g/mol. The number of hydrogen-bond acceptors (Lipinski definition) is 4. The molecule has 0 atom stereocenters. The average molecular weight is 383 g/mol.